The molecule has 0 radical (unpaired) electrons. The zero-order valence-electron chi connectivity index (χ0n) is 16.4. The Morgan fingerprint density at radius 3 is 2.62 bits per heavy atom. The molecule has 0 amide bonds. The van der Waals surface area contributed by atoms with Crippen molar-refractivity contribution in [3.8, 4) is 17.2 Å². The minimum atomic E-state index is -0.0562. The van der Waals surface area contributed by atoms with Crippen molar-refractivity contribution in [3.05, 3.63) is 64.7 Å². The lowest BCUT2D eigenvalue weighted by atomic mass is 10.1. The Bertz CT molecular complexity index is 1270. The van der Waals surface area contributed by atoms with Crippen LogP contribution < -0.4 is 5.56 Å². The molecule has 5 rings (SSSR count). The van der Waals surface area contributed by atoms with E-state index in [9.17, 15) is 4.79 Å². The summed E-state index contributed by atoms with van der Waals surface area (Å²) < 4.78 is 3.67. The minimum Gasteiger partial charge on any atom is -0.276 e. The number of nitrogens with zero attached hydrogens (tertiary/aromatic N) is 5. The molecule has 0 N–H and O–H groups in total. The van der Waals surface area contributed by atoms with Crippen LogP contribution in [0.4, 0.5) is 0 Å². The maximum atomic E-state index is 13.0. The first-order valence-corrected chi connectivity index (χ1v) is 10.8. The van der Waals surface area contributed by atoms with Crippen molar-refractivity contribution in [2.24, 2.45) is 5.92 Å². The average molecular weight is 404 g/mol. The predicted octanol–water partition coefficient (Wildman–Crippen LogP) is 4.30. The van der Waals surface area contributed by atoms with Crippen LogP contribution in [0, 0.1) is 5.92 Å². The molecule has 2 aromatic heterocycles. The lowest BCUT2D eigenvalue weighted by Crippen LogP contribution is -2.25. The Balaban J connectivity index is 1.76. The number of para-hydroxylation sites is 1. The van der Waals surface area contributed by atoms with E-state index in [-0.39, 0.29) is 5.56 Å². The largest absolute Gasteiger partial charge is 0.276 e. The lowest BCUT2D eigenvalue weighted by Gasteiger charge is -2.19. The van der Waals surface area contributed by atoms with Crippen molar-refractivity contribution in [1.29, 1.82) is 0 Å². The van der Waals surface area contributed by atoms with Gasteiger partial charge in [-0.1, -0.05) is 44.2 Å². The molecule has 2 aromatic carbocycles. The van der Waals surface area contributed by atoms with Crippen molar-refractivity contribution in [3.63, 3.8) is 0 Å². The number of rotatable bonds is 4. The van der Waals surface area contributed by atoms with E-state index in [1.165, 1.54) is 4.90 Å². The second-order valence-corrected chi connectivity index (χ2v) is 8.65. The highest BCUT2D eigenvalue weighted by molar-refractivity contribution is 7.98. The van der Waals surface area contributed by atoms with Gasteiger partial charge in [0.05, 0.1) is 16.8 Å². The Morgan fingerprint density at radius 2 is 1.79 bits per heavy atom. The minimum absolute atomic E-state index is 0.0562. The molecule has 0 saturated carbocycles. The maximum absolute atomic E-state index is 13.0. The molecular formula is C22H21N5OS. The highest BCUT2D eigenvalue weighted by Gasteiger charge is 2.25. The van der Waals surface area contributed by atoms with Gasteiger partial charge in [0.15, 0.2) is 5.82 Å². The normalized spacial score (nSPS) is 12.9. The summed E-state index contributed by atoms with van der Waals surface area (Å²) in [6.45, 7) is 4.88. The molecule has 1 aliphatic heterocycles. The van der Waals surface area contributed by atoms with Crippen molar-refractivity contribution < 1.29 is 0 Å². The molecular weight excluding hydrogens is 382 g/mol. The SMILES string of the molecule is CC(C)CCn1nc(-c2nnc3n2-c2ccccc2SC3)c2ccccc2c1=O. The number of thioether (sulfide) groups is 1. The Kier molecular flexibility index (Phi) is 4.47. The van der Waals surface area contributed by atoms with Crippen LogP contribution in [0.2, 0.25) is 0 Å². The van der Waals surface area contributed by atoms with Crippen LogP contribution in [0.15, 0.2) is 58.2 Å². The molecule has 6 nitrogen and oxygen atoms in total. The molecule has 0 saturated heterocycles. The van der Waals surface area contributed by atoms with Gasteiger partial charge in [0.25, 0.3) is 5.56 Å². The summed E-state index contributed by atoms with van der Waals surface area (Å²) in [6.07, 6.45) is 0.891. The number of hydrogen-bond donors (Lipinski definition) is 0. The van der Waals surface area contributed by atoms with Gasteiger partial charge >= 0.3 is 0 Å². The smallest absolute Gasteiger partial charge is 0.274 e. The van der Waals surface area contributed by atoms with Gasteiger partial charge in [0, 0.05) is 16.8 Å². The van der Waals surface area contributed by atoms with E-state index < -0.39 is 0 Å². The first-order valence-electron chi connectivity index (χ1n) is 9.80. The molecule has 0 bridgehead atoms. The summed E-state index contributed by atoms with van der Waals surface area (Å²) in [7, 11) is 0. The zero-order chi connectivity index (χ0) is 20.0. The standard InChI is InChI=1S/C22H21N5OS/c1-14(2)11-12-26-22(28)16-8-4-3-7-15(16)20(25-26)21-24-23-19-13-29-18-10-6-5-9-17(18)27(19)21/h3-10,14H,11-13H2,1-2H3. The van der Waals surface area contributed by atoms with E-state index in [1.54, 1.807) is 16.4 Å². The van der Waals surface area contributed by atoms with Crippen LogP contribution in [0.5, 0.6) is 0 Å². The van der Waals surface area contributed by atoms with Gasteiger partial charge in [-0.2, -0.15) is 5.10 Å². The highest BCUT2D eigenvalue weighted by Crippen LogP contribution is 2.37. The molecule has 0 fully saturated rings. The second-order valence-electron chi connectivity index (χ2n) is 7.64. The fraction of sp³-hybridized carbons (Fsp3) is 0.273. The first-order chi connectivity index (χ1) is 14.1. The fourth-order valence-electron chi connectivity index (χ4n) is 3.66. The number of aryl methyl sites for hydroxylation is 1. The number of benzene rings is 2. The maximum Gasteiger partial charge on any atom is 0.274 e. The third-order valence-electron chi connectivity index (χ3n) is 5.19. The number of hydrogen-bond acceptors (Lipinski definition) is 5. The molecule has 7 heteroatoms. The summed E-state index contributed by atoms with van der Waals surface area (Å²) in [5, 5.41) is 15.2. The van der Waals surface area contributed by atoms with E-state index in [1.807, 2.05) is 36.4 Å². The summed E-state index contributed by atoms with van der Waals surface area (Å²) in [4.78, 5) is 14.2. The van der Waals surface area contributed by atoms with Gasteiger partial charge in [-0.15, -0.1) is 22.0 Å². The molecule has 146 valence electrons. The van der Waals surface area contributed by atoms with Gasteiger partial charge in [-0.05, 0) is 30.5 Å². The van der Waals surface area contributed by atoms with Crippen LogP contribution in [0.3, 0.4) is 0 Å². The topological polar surface area (TPSA) is 65.6 Å². The number of fused-ring (bicyclic) bond motifs is 4. The summed E-state index contributed by atoms with van der Waals surface area (Å²) in [6, 6.07) is 15.9. The molecule has 1 aliphatic rings. The summed E-state index contributed by atoms with van der Waals surface area (Å²) in [5.74, 6) is 2.83. The second kappa shape index (κ2) is 7.15. The van der Waals surface area contributed by atoms with Gasteiger partial charge in [0.1, 0.15) is 11.5 Å². The lowest BCUT2D eigenvalue weighted by molar-refractivity contribution is 0.475. The Hall–Kier alpha value is -2.93. The van der Waals surface area contributed by atoms with Crippen LogP contribution in [-0.4, -0.2) is 24.5 Å². The molecule has 4 aromatic rings. The van der Waals surface area contributed by atoms with Gasteiger partial charge in [-0.25, -0.2) is 4.68 Å². The fourth-order valence-corrected chi connectivity index (χ4v) is 4.61. The highest BCUT2D eigenvalue weighted by atomic mass is 32.2. The van der Waals surface area contributed by atoms with Crippen molar-refractivity contribution in [2.75, 3.05) is 0 Å². The number of aromatic nitrogens is 5. The van der Waals surface area contributed by atoms with Crippen LogP contribution in [-0.2, 0) is 12.3 Å². The van der Waals surface area contributed by atoms with Crippen molar-refractivity contribution in [1.82, 2.24) is 24.5 Å². The predicted molar refractivity (Wildman–Crippen MR) is 115 cm³/mol. The summed E-state index contributed by atoms with van der Waals surface area (Å²) >= 11 is 1.76. The van der Waals surface area contributed by atoms with Crippen LogP contribution in [0.1, 0.15) is 26.1 Å². The third kappa shape index (κ3) is 3.06. The van der Waals surface area contributed by atoms with E-state index >= 15 is 0 Å². The van der Waals surface area contributed by atoms with Gasteiger partial charge in [-0.3, -0.25) is 9.36 Å². The van der Waals surface area contributed by atoms with E-state index in [0.29, 0.717) is 29.4 Å². The van der Waals surface area contributed by atoms with E-state index in [2.05, 4.69) is 40.7 Å². The molecule has 3 heterocycles. The zero-order valence-corrected chi connectivity index (χ0v) is 17.2. The molecule has 29 heavy (non-hydrogen) atoms. The Morgan fingerprint density at radius 1 is 1.03 bits per heavy atom. The summed E-state index contributed by atoms with van der Waals surface area (Å²) in [5.41, 5.74) is 1.70. The van der Waals surface area contributed by atoms with Gasteiger partial charge < -0.3 is 0 Å². The van der Waals surface area contributed by atoms with E-state index in [4.69, 9.17) is 5.10 Å². The van der Waals surface area contributed by atoms with Crippen molar-refractivity contribution in [2.45, 2.75) is 37.5 Å². The van der Waals surface area contributed by atoms with E-state index in [0.717, 1.165) is 29.1 Å². The van der Waals surface area contributed by atoms with Crippen LogP contribution in [0.25, 0.3) is 28.0 Å². The molecule has 0 unspecified atom stereocenters. The molecule has 0 atom stereocenters. The monoisotopic (exact) mass is 403 g/mol. The average Bonchev–Trinajstić information content (AvgIpc) is 3.18. The molecule has 0 aliphatic carbocycles. The third-order valence-corrected chi connectivity index (χ3v) is 6.25. The van der Waals surface area contributed by atoms with Crippen LogP contribution >= 0.6 is 11.8 Å². The van der Waals surface area contributed by atoms with Gasteiger partial charge in [0.2, 0.25) is 0 Å². The molecule has 0 spiro atoms. The van der Waals surface area contributed by atoms with Crippen molar-refractivity contribution >= 4 is 22.5 Å². The quantitative estimate of drug-likeness (QED) is 0.508. The first kappa shape index (κ1) is 18.1. The Labute approximate surface area is 172 Å².